The van der Waals surface area contributed by atoms with Gasteiger partial charge < -0.3 is 10.0 Å². The van der Waals surface area contributed by atoms with Gasteiger partial charge in [-0.15, -0.1) is 0 Å². The first-order valence-corrected chi connectivity index (χ1v) is 8.72. The molecule has 0 radical (unpaired) electrons. The third kappa shape index (κ3) is 3.66. The van der Waals surface area contributed by atoms with E-state index in [0.29, 0.717) is 0 Å². The molecule has 1 heterocycles. The minimum absolute atomic E-state index is 0.0764. The Morgan fingerprint density at radius 3 is 2.74 bits per heavy atom. The van der Waals surface area contributed by atoms with Crippen LogP contribution in [-0.4, -0.2) is 29.0 Å². The van der Waals surface area contributed by atoms with Gasteiger partial charge in [0.2, 0.25) is 5.91 Å². The summed E-state index contributed by atoms with van der Waals surface area (Å²) in [5.74, 6) is 0.0764. The first-order chi connectivity index (χ1) is 11.0. The molecular weight excluding hydrogens is 286 g/mol. The topological polar surface area (TPSA) is 40.5 Å². The van der Waals surface area contributed by atoms with E-state index in [1.807, 2.05) is 35.2 Å². The minimum Gasteiger partial charge on any atom is -0.385 e. The van der Waals surface area contributed by atoms with E-state index in [0.717, 1.165) is 37.9 Å². The number of likely N-dealkylation sites (tertiary alicyclic amines) is 1. The fraction of sp³-hybridized carbons (Fsp3) is 0.550. The lowest BCUT2D eigenvalue weighted by atomic mass is 9.71. The van der Waals surface area contributed by atoms with Crippen molar-refractivity contribution in [3.05, 3.63) is 48.0 Å². The fourth-order valence-electron chi connectivity index (χ4n) is 4.04. The predicted molar refractivity (Wildman–Crippen MR) is 91.9 cm³/mol. The first-order valence-electron chi connectivity index (χ1n) is 8.72. The van der Waals surface area contributed by atoms with E-state index >= 15 is 0 Å². The molecule has 2 atom stereocenters. The molecule has 23 heavy (non-hydrogen) atoms. The number of benzene rings is 1. The van der Waals surface area contributed by atoms with Crippen molar-refractivity contribution in [2.75, 3.05) is 13.1 Å². The lowest BCUT2D eigenvalue weighted by Gasteiger charge is -2.44. The Bertz CT molecular complexity index is 579. The minimum atomic E-state index is -1.10. The van der Waals surface area contributed by atoms with E-state index in [4.69, 9.17) is 0 Å². The molecule has 3 rings (SSSR count). The van der Waals surface area contributed by atoms with Crippen molar-refractivity contribution in [2.24, 2.45) is 5.41 Å². The molecular formula is C20H27NO2. The molecule has 2 aliphatic rings. The maximum atomic E-state index is 12.8. The van der Waals surface area contributed by atoms with Gasteiger partial charge in [-0.05, 0) is 50.0 Å². The number of hydrogen-bond donors (Lipinski definition) is 1. The molecule has 2 unspecified atom stereocenters. The molecule has 1 aromatic rings. The van der Waals surface area contributed by atoms with Crippen LogP contribution in [0.15, 0.2) is 42.5 Å². The Kier molecular flexibility index (Phi) is 4.58. The van der Waals surface area contributed by atoms with Gasteiger partial charge in [-0.3, -0.25) is 4.79 Å². The molecule has 3 nitrogen and oxygen atoms in total. The smallest absolute Gasteiger partial charge is 0.225 e. The van der Waals surface area contributed by atoms with E-state index < -0.39 is 5.60 Å². The van der Waals surface area contributed by atoms with Crippen LogP contribution in [0.2, 0.25) is 0 Å². The second kappa shape index (κ2) is 6.48. The zero-order valence-corrected chi connectivity index (χ0v) is 14.0. The Labute approximate surface area is 139 Å². The average Bonchev–Trinajstić information content (AvgIpc) is 2.56. The van der Waals surface area contributed by atoms with Gasteiger partial charge in [0.05, 0.1) is 12.0 Å². The molecule has 1 aliphatic carbocycles. The van der Waals surface area contributed by atoms with Crippen LogP contribution >= 0.6 is 0 Å². The fourth-order valence-corrected chi connectivity index (χ4v) is 4.04. The molecule has 0 aromatic heterocycles. The van der Waals surface area contributed by atoms with Crippen LogP contribution in [0, 0.1) is 5.41 Å². The SMILES string of the molecule is CC(O)(CC(=O)N1CCCC2(CC=CCC2)C1)c1ccccc1. The Morgan fingerprint density at radius 1 is 1.26 bits per heavy atom. The van der Waals surface area contributed by atoms with Crippen LogP contribution < -0.4 is 0 Å². The number of nitrogens with zero attached hydrogens (tertiary/aromatic N) is 1. The first kappa shape index (κ1) is 16.3. The van der Waals surface area contributed by atoms with Gasteiger partial charge in [0.25, 0.3) is 0 Å². The summed E-state index contributed by atoms with van der Waals surface area (Å²) in [6.07, 6.45) is 10.4. The highest BCUT2D eigenvalue weighted by atomic mass is 16.3. The molecule has 1 amide bonds. The van der Waals surface area contributed by atoms with Gasteiger partial charge in [0, 0.05) is 13.1 Å². The van der Waals surface area contributed by atoms with Gasteiger partial charge >= 0.3 is 0 Å². The van der Waals surface area contributed by atoms with Crippen LogP contribution in [-0.2, 0) is 10.4 Å². The number of piperidine rings is 1. The maximum absolute atomic E-state index is 12.8. The molecule has 1 fully saturated rings. The number of aliphatic hydroxyl groups is 1. The van der Waals surface area contributed by atoms with Crippen molar-refractivity contribution in [3.63, 3.8) is 0 Å². The zero-order valence-electron chi connectivity index (χ0n) is 14.0. The van der Waals surface area contributed by atoms with E-state index in [9.17, 15) is 9.90 Å². The number of rotatable bonds is 3. The van der Waals surface area contributed by atoms with Gasteiger partial charge in [-0.25, -0.2) is 0 Å². The number of carbonyl (C=O) groups excluding carboxylic acids is 1. The van der Waals surface area contributed by atoms with Gasteiger partial charge in [0.15, 0.2) is 0 Å². The number of carbonyl (C=O) groups is 1. The third-order valence-corrected chi connectivity index (χ3v) is 5.46. The third-order valence-electron chi connectivity index (χ3n) is 5.46. The second-order valence-electron chi connectivity index (χ2n) is 7.45. The normalized spacial score (nSPS) is 27.0. The Balaban J connectivity index is 1.67. The molecule has 0 saturated carbocycles. The molecule has 1 saturated heterocycles. The molecule has 124 valence electrons. The number of hydrogen-bond acceptors (Lipinski definition) is 2. The van der Waals surface area contributed by atoms with Crippen LogP contribution in [0.4, 0.5) is 0 Å². The summed E-state index contributed by atoms with van der Waals surface area (Å²) in [6.45, 7) is 3.42. The highest BCUT2D eigenvalue weighted by Gasteiger charge is 2.38. The quantitative estimate of drug-likeness (QED) is 0.866. The van der Waals surface area contributed by atoms with E-state index in [2.05, 4.69) is 12.2 Å². The summed E-state index contributed by atoms with van der Waals surface area (Å²) in [7, 11) is 0. The summed E-state index contributed by atoms with van der Waals surface area (Å²) in [5, 5.41) is 10.7. The van der Waals surface area contributed by atoms with Crippen LogP contribution in [0.5, 0.6) is 0 Å². The summed E-state index contributed by atoms with van der Waals surface area (Å²) in [4.78, 5) is 14.7. The lowest BCUT2D eigenvalue weighted by molar-refractivity contribution is -0.140. The van der Waals surface area contributed by atoms with Gasteiger partial charge in [0.1, 0.15) is 0 Å². The summed E-state index contributed by atoms with van der Waals surface area (Å²) in [5.41, 5.74) is -0.0166. The molecule has 1 N–H and O–H groups in total. The van der Waals surface area contributed by atoms with E-state index in [1.54, 1.807) is 6.92 Å². The Morgan fingerprint density at radius 2 is 2.04 bits per heavy atom. The molecule has 0 bridgehead atoms. The zero-order chi connectivity index (χ0) is 16.3. The summed E-state index contributed by atoms with van der Waals surface area (Å²) >= 11 is 0. The van der Waals surface area contributed by atoms with E-state index in [-0.39, 0.29) is 17.7 Å². The monoisotopic (exact) mass is 313 g/mol. The summed E-state index contributed by atoms with van der Waals surface area (Å²) < 4.78 is 0. The number of amides is 1. The summed E-state index contributed by atoms with van der Waals surface area (Å²) in [6, 6.07) is 9.50. The Hall–Kier alpha value is -1.61. The molecule has 3 heteroatoms. The largest absolute Gasteiger partial charge is 0.385 e. The molecule has 1 aromatic carbocycles. The van der Waals surface area contributed by atoms with Gasteiger partial charge in [-0.2, -0.15) is 0 Å². The van der Waals surface area contributed by atoms with Crippen molar-refractivity contribution in [3.8, 4) is 0 Å². The molecule has 1 spiro atoms. The van der Waals surface area contributed by atoms with Crippen LogP contribution in [0.25, 0.3) is 0 Å². The average molecular weight is 313 g/mol. The standard InChI is InChI=1S/C20H27NO2/c1-19(23,17-9-4-2-5-10-17)15-18(22)21-14-8-13-20(16-21)11-6-3-7-12-20/h2-6,9-10,23H,7-8,11-16H2,1H3. The number of allylic oxidation sites excluding steroid dienone is 2. The van der Waals surface area contributed by atoms with Crippen molar-refractivity contribution in [1.82, 2.24) is 4.90 Å². The highest BCUT2D eigenvalue weighted by molar-refractivity contribution is 5.77. The molecule has 1 aliphatic heterocycles. The van der Waals surface area contributed by atoms with Crippen LogP contribution in [0.3, 0.4) is 0 Å². The van der Waals surface area contributed by atoms with Crippen molar-refractivity contribution >= 4 is 5.91 Å². The second-order valence-corrected chi connectivity index (χ2v) is 7.45. The lowest BCUT2D eigenvalue weighted by Crippen LogP contribution is -2.47. The van der Waals surface area contributed by atoms with Crippen molar-refractivity contribution in [2.45, 2.75) is 51.0 Å². The van der Waals surface area contributed by atoms with Crippen molar-refractivity contribution in [1.29, 1.82) is 0 Å². The van der Waals surface area contributed by atoms with E-state index in [1.165, 1.54) is 12.8 Å². The maximum Gasteiger partial charge on any atom is 0.225 e. The van der Waals surface area contributed by atoms with Gasteiger partial charge in [-0.1, -0.05) is 42.5 Å². The predicted octanol–water partition coefficient (Wildman–Crippen LogP) is 3.63. The highest BCUT2D eigenvalue weighted by Crippen LogP contribution is 2.41. The van der Waals surface area contributed by atoms with Crippen molar-refractivity contribution < 1.29 is 9.90 Å². The van der Waals surface area contributed by atoms with Crippen LogP contribution in [0.1, 0.15) is 51.0 Å².